The molecular formula is C14H25N3O4. The van der Waals surface area contributed by atoms with Gasteiger partial charge in [-0.15, -0.1) is 0 Å². The summed E-state index contributed by atoms with van der Waals surface area (Å²) in [7, 11) is 0. The Kier molecular flexibility index (Phi) is 7.74. The van der Waals surface area contributed by atoms with Gasteiger partial charge in [0.15, 0.2) is 0 Å². The number of hydrogen-bond acceptors (Lipinski definition) is 4. The number of carbonyl (C=O) groups excluding carboxylic acids is 2. The van der Waals surface area contributed by atoms with Gasteiger partial charge in [0.05, 0.1) is 12.5 Å². The lowest BCUT2D eigenvalue weighted by atomic mass is 9.97. The number of likely N-dealkylation sites (tertiary alicyclic amines) is 1. The average molecular weight is 299 g/mol. The van der Waals surface area contributed by atoms with E-state index in [1.165, 1.54) is 0 Å². The number of carbonyl (C=O) groups is 3. The van der Waals surface area contributed by atoms with Gasteiger partial charge < -0.3 is 20.6 Å². The van der Waals surface area contributed by atoms with E-state index >= 15 is 0 Å². The lowest BCUT2D eigenvalue weighted by Gasteiger charge is -2.30. The predicted molar refractivity (Wildman–Crippen MR) is 77.7 cm³/mol. The predicted octanol–water partition coefficient (Wildman–Crippen LogP) is -0.184. The SMILES string of the molecule is CCCNC(=O)CCNCC(=O)N1CCC(C(=O)O)CC1. The van der Waals surface area contributed by atoms with Gasteiger partial charge >= 0.3 is 5.97 Å². The molecule has 21 heavy (non-hydrogen) atoms. The Balaban J connectivity index is 2.12. The second kappa shape index (κ2) is 9.33. The van der Waals surface area contributed by atoms with Crippen molar-refractivity contribution in [2.75, 3.05) is 32.7 Å². The van der Waals surface area contributed by atoms with Crippen LogP contribution in [0.3, 0.4) is 0 Å². The van der Waals surface area contributed by atoms with E-state index < -0.39 is 5.97 Å². The Morgan fingerprint density at radius 1 is 1.19 bits per heavy atom. The summed E-state index contributed by atoms with van der Waals surface area (Å²) in [4.78, 5) is 35.8. The molecule has 1 aliphatic rings. The van der Waals surface area contributed by atoms with Crippen LogP contribution in [-0.4, -0.2) is 60.5 Å². The largest absolute Gasteiger partial charge is 0.481 e. The Hall–Kier alpha value is -1.63. The van der Waals surface area contributed by atoms with E-state index in [0.717, 1.165) is 6.42 Å². The van der Waals surface area contributed by atoms with E-state index in [9.17, 15) is 14.4 Å². The Bertz CT molecular complexity index is 365. The minimum Gasteiger partial charge on any atom is -0.481 e. The molecule has 0 radical (unpaired) electrons. The van der Waals surface area contributed by atoms with Crippen molar-refractivity contribution in [2.24, 2.45) is 5.92 Å². The number of carboxylic acid groups (broad SMARTS) is 1. The third-order valence-electron chi connectivity index (χ3n) is 3.57. The lowest BCUT2D eigenvalue weighted by molar-refractivity contribution is -0.145. The minimum atomic E-state index is -0.779. The zero-order chi connectivity index (χ0) is 15.7. The monoisotopic (exact) mass is 299 g/mol. The molecule has 0 aromatic rings. The molecule has 0 unspecified atom stereocenters. The Labute approximate surface area is 125 Å². The van der Waals surface area contributed by atoms with Crippen molar-refractivity contribution < 1.29 is 19.5 Å². The van der Waals surface area contributed by atoms with Crippen LogP contribution < -0.4 is 10.6 Å². The van der Waals surface area contributed by atoms with E-state index in [0.29, 0.717) is 45.4 Å². The Morgan fingerprint density at radius 2 is 1.86 bits per heavy atom. The van der Waals surface area contributed by atoms with Crippen LogP contribution in [-0.2, 0) is 14.4 Å². The Morgan fingerprint density at radius 3 is 2.43 bits per heavy atom. The van der Waals surface area contributed by atoms with Gasteiger partial charge in [-0.1, -0.05) is 6.92 Å². The van der Waals surface area contributed by atoms with E-state index in [-0.39, 0.29) is 24.3 Å². The zero-order valence-electron chi connectivity index (χ0n) is 12.6. The zero-order valence-corrected chi connectivity index (χ0v) is 12.6. The molecule has 2 amide bonds. The summed E-state index contributed by atoms with van der Waals surface area (Å²) < 4.78 is 0. The quantitative estimate of drug-likeness (QED) is 0.540. The third-order valence-corrected chi connectivity index (χ3v) is 3.57. The molecule has 0 saturated carbocycles. The van der Waals surface area contributed by atoms with Gasteiger partial charge in [-0.3, -0.25) is 14.4 Å². The van der Waals surface area contributed by atoms with Crippen molar-refractivity contribution in [3.63, 3.8) is 0 Å². The number of nitrogens with one attached hydrogen (secondary N) is 2. The summed E-state index contributed by atoms with van der Waals surface area (Å²) in [5.74, 6) is -1.16. The smallest absolute Gasteiger partial charge is 0.306 e. The molecule has 3 N–H and O–H groups in total. The van der Waals surface area contributed by atoms with Crippen molar-refractivity contribution >= 4 is 17.8 Å². The van der Waals surface area contributed by atoms with Crippen LogP contribution in [0, 0.1) is 5.92 Å². The van der Waals surface area contributed by atoms with E-state index in [1.807, 2.05) is 6.92 Å². The highest BCUT2D eigenvalue weighted by molar-refractivity contribution is 5.79. The van der Waals surface area contributed by atoms with Crippen molar-refractivity contribution in [1.82, 2.24) is 15.5 Å². The molecule has 7 heteroatoms. The first-order chi connectivity index (χ1) is 10.0. The normalized spacial score (nSPS) is 15.8. The lowest BCUT2D eigenvalue weighted by Crippen LogP contribution is -2.44. The molecule has 7 nitrogen and oxygen atoms in total. The minimum absolute atomic E-state index is 0.0147. The van der Waals surface area contributed by atoms with Crippen LogP contribution in [0.1, 0.15) is 32.6 Å². The van der Waals surface area contributed by atoms with E-state index in [1.54, 1.807) is 4.90 Å². The molecule has 120 valence electrons. The molecule has 1 rings (SSSR count). The number of piperidine rings is 1. The van der Waals surface area contributed by atoms with Gasteiger partial charge in [0.2, 0.25) is 11.8 Å². The van der Waals surface area contributed by atoms with E-state index in [4.69, 9.17) is 5.11 Å². The summed E-state index contributed by atoms with van der Waals surface area (Å²) in [5, 5.41) is 14.6. The molecule has 1 saturated heterocycles. The van der Waals surface area contributed by atoms with Gasteiger partial charge in [-0.2, -0.15) is 0 Å². The molecule has 1 fully saturated rings. The van der Waals surface area contributed by atoms with Crippen molar-refractivity contribution in [1.29, 1.82) is 0 Å². The van der Waals surface area contributed by atoms with Gasteiger partial charge in [-0.05, 0) is 19.3 Å². The van der Waals surface area contributed by atoms with Crippen molar-refractivity contribution in [2.45, 2.75) is 32.6 Å². The van der Waals surface area contributed by atoms with E-state index in [2.05, 4.69) is 10.6 Å². The molecule has 1 aliphatic heterocycles. The van der Waals surface area contributed by atoms with Crippen LogP contribution in [0.5, 0.6) is 0 Å². The first kappa shape index (κ1) is 17.4. The summed E-state index contributed by atoms with van der Waals surface area (Å²) in [6, 6.07) is 0. The number of aliphatic carboxylic acids is 1. The van der Waals surface area contributed by atoms with Crippen LogP contribution >= 0.6 is 0 Å². The molecule has 0 aromatic carbocycles. The van der Waals surface area contributed by atoms with Crippen LogP contribution in [0.15, 0.2) is 0 Å². The molecule has 0 atom stereocenters. The fraction of sp³-hybridized carbons (Fsp3) is 0.786. The summed E-state index contributed by atoms with van der Waals surface area (Å²) in [5.41, 5.74) is 0. The number of amides is 2. The van der Waals surface area contributed by atoms with Gasteiger partial charge in [-0.25, -0.2) is 0 Å². The second-order valence-electron chi connectivity index (χ2n) is 5.27. The van der Waals surface area contributed by atoms with Gasteiger partial charge in [0.25, 0.3) is 0 Å². The standard InChI is InChI=1S/C14H25N3O4/c1-2-6-16-12(18)3-7-15-10-13(19)17-8-4-11(5-9-17)14(20)21/h11,15H,2-10H2,1H3,(H,16,18)(H,20,21). The maximum Gasteiger partial charge on any atom is 0.306 e. The van der Waals surface area contributed by atoms with Crippen LogP contribution in [0.4, 0.5) is 0 Å². The van der Waals surface area contributed by atoms with Gasteiger partial charge in [0.1, 0.15) is 0 Å². The number of carboxylic acids is 1. The maximum atomic E-state index is 11.9. The molecule has 0 aliphatic carbocycles. The van der Waals surface area contributed by atoms with Crippen LogP contribution in [0.25, 0.3) is 0 Å². The van der Waals surface area contributed by atoms with Gasteiger partial charge in [0, 0.05) is 32.6 Å². The molecule has 0 spiro atoms. The fourth-order valence-electron chi connectivity index (χ4n) is 2.24. The third kappa shape index (κ3) is 6.57. The molecular weight excluding hydrogens is 274 g/mol. The number of nitrogens with zero attached hydrogens (tertiary/aromatic N) is 1. The number of rotatable bonds is 8. The summed E-state index contributed by atoms with van der Waals surface area (Å²) in [6.07, 6.45) is 2.29. The molecule has 0 aromatic heterocycles. The highest BCUT2D eigenvalue weighted by atomic mass is 16.4. The van der Waals surface area contributed by atoms with Crippen molar-refractivity contribution in [3.05, 3.63) is 0 Å². The first-order valence-electron chi connectivity index (χ1n) is 7.52. The number of hydrogen-bond donors (Lipinski definition) is 3. The first-order valence-corrected chi connectivity index (χ1v) is 7.52. The summed E-state index contributed by atoms with van der Waals surface area (Å²) >= 11 is 0. The fourth-order valence-corrected chi connectivity index (χ4v) is 2.24. The highest BCUT2D eigenvalue weighted by Crippen LogP contribution is 2.16. The van der Waals surface area contributed by atoms with Crippen LogP contribution in [0.2, 0.25) is 0 Å². The molecule has 1 heterocycles. The second-order valence-corrected chi connectivity index (χ2v) is 5.27. The highest BCUT2D eigenvalue weighted by Gasteiger charge is 2.26. The molecule has 0 bridgehead atoms. The summed E-state index contributed by atoms with van der Waals surface area (Å²) in [6.45, 7) is 4.32. The average Bonchev–Trinajstić information content (AvgIpc) is 2.49. The van der Waals surface area contributed by atoms with Crippen molar-refractivity contribution in [3.8, 4) is 0 Å². The topological polar surface area (TPSA) is 98.7 Å². The maximum absolute atomic E-state index is 11.9.